The monoisotopic (exact) mass is 265 g/mol. The van der Waals surface area contributed by atoms with E-state index in [1.165, 1.54) is 16.5 Å². The molecule has 0 aliphatic carbocycles. The molecule has 0 saturated carbocycles. The van der Waals surface area contributed by atoms with Crippen molar-refractivity contribution in [3.05, 3.63) is 66.0 Å². The zero-order valence-electron chi connectivity index (χ0n) is 11.6. The van der Waals surface area contributed by atoms with Crippen molar-refractivity contribution in [1.29, 1.82) is 0 Å². The molecular weight excluding hydrogens is 246 g/mol. The molecule has 0 saturated heterocycles. The smallest absolute Gasteiger partial charge is 0.137 e. The van der Waals surface area contributed by atoms with Gasteiger partial charge in [-0.3, -0.25) is 0 Å². The fourth-order valence-corrected chi connectivity index (χ4v) is 2.74. The summed E-state index contributed by atoms with van der Waals surface area (Å²) in [6.07, 6.45) is 5.00. The molecule has 3 aromatic rings. The SMILES string of the molecule is CNCC[C@H](c1ccccc1)c1c[nH]c2ncccc12. The number of fused-ring (bicyclic) bond motifs is 1. The van der Waals surface area contributed by atoms with Crippen LogP contribution >= 0.6 is 0 Å². The molecule has 0 aliphatic rings. The van der Waals surface area contributed by atoms with Gasteiger partial charge < -0.3 is 10.3 Å². The highest BCUT2D eigenvalue weighted by molar-refractivity contribution is 5.80. The van der Waals surface area contributed by atoms with Gasteiger partial charge in [-0.05, 0) is 43.3 Å². The lowest BCUT2D eigenvalue weighted by Crippen LogP contribution is -2.13. The summed E-state index contributed by atoms with van der Waals surface area (Å²) in [7, 11) is 2.00. The number of benzene rings is 1. The lowest BCUT2D eigenvalue weighted by atomic mass is 9.88. The lowest BCUT2D eigenvalue weighted by Gasteiger charge is -2.17. The summed E-state index contributed by atoms with van der Waals surface area (Å²) in [6.45, 7) is 0.993. The van der Waals surface area contributed by atoms with Gasteiger partial charge in [0.2, 0.25) is 0 Å². The van der Waals surface area contributed by atoms with Crippen molar-refractivity contribution in [2.45, 2.75) is 12.3 Å². The number of hydrogen-bond donors (Lipinski definition) is 2. The van der Waals surface area contributed by atoms with Crippen LogP contribution in [0.3, 0.4) is 0 Å². The van der Waals surface area contributed by atoms with Crippen molar-refractivity contribution in [2.75, 3.05) is 13.6 Å². The molecule has 0 fully saturated rings. The Kier molecular flexibility index (Phi) is 3.79. The molecule has 0 bridgehead atoms. The summed E-state index contributed by atoms with van der Waals surface area (Å²) in [6, 6.07) is 14.8. The zero-order valence-corrected chi connectivity index (χ0v) is 11.6. The Bertz CT molecular complexity index is 673. The molecule has 3 heteroatoms. The van der Waals surface area contributed by atoms with Crippen molar-refractivity contribution in [3.8, 4) is 0 Å². The van der Waals surface area contributed by atoms with Crippen LogP contribution in [0.5, 0.6) is 0 Å². The van der Waals surface area contributed by atoms with Crippen molar-refractivity contribution in [3.63, 3.8) is 0 Å². The first kappa shape index (κ1) is 12.9. The summed E-state index contributed by atoms with van der Waals surface area (Å²) in [5.41, 5.74) is 3.65. The second-order valence-electron chi connectivity index (χ2n) is 5.00. The highest BCUT2D eigenvalue weighted by atomic mass is 14.8. The first-order valence-corrected chi connectivity index (χ1v) is 7.01. The molecule has 2 N–H and O–H groups in total. The molecule has 1 atom stereocenters. The third kappa shape index (κ3) is 2.45. The molecule has 3 nitrogen and oxygen atoms in total. The summed E-state index contributed by atoms with van der Waals surface area (Å²) in [5, 5.41) is 4.47. The minimum absolute atomic E-state index is 0.390. The number of nitrogens with one attached hydrogen (secondary N) is 2. The maximum absolute atomic E-state index is 4.39. The second-order valence-corrected chi connectivity index (χ2v) is 5.00. The number of nitrogens with zero attached hydrogens (tertiary/aromatic N) is 1. The molecule has 2 heterocycles. The van der Waals surface area contributed by atoms with Gasteiger partial charge in [0.25, 0.3) is 0 Å². The molecule has 0 spiro atoms. The molecule has 3 rings (SSSR count). The van der Waals surface area contributed by atoms with Gasteiger partial charge in [0.05, 0.1) is 0 Å². The molecule has 2 aromatic heterocycles. The summed E-state index contributed by atoms with van der Waals surface area (Å²) >= 11 is 0. The largest absolute Gasteiger partial charge is 0.346 e. The van der Waals surface area contributed by atoms with E-state index in [9.17, 15) is 0 Å². The predicted molar refractivity (Wildman–Crippen MR) is 82.9 cm³/mol. The quantitative estimate of drug-likeness (QED) is 0.743. The maximum atomic E-state index is 4.39. The van der Waals surface area contributed by atoms with E-state index in [0.29, 0.717) is 5.92 Å². The Morgan fingerprint density at radius 2 is 2.00 bits per heavy atom. The third-order valence-electron chi connectivity index (χ3n) is 3.74. The van der Waals surface area contributed by atoms with E-state index >= 15 is 0 Å². The highest BCUT2D eigenvalue weighted by Gasteiger charge is 2.17. The van der Waals surface area contributed by atoms with Gasteiger partial charge in [-0.2, -0.15) is 0 Å². The van der Waals surface area contributed by atoms with Crippen LogP contribution in [0.25, 0.3) is 11.0 Å². The standard InChI is InChI=1S/C17H19N3/c1-18-11-9-14(13-6-3-2-4-7-13)16-12-20-17-15(16)8-5-10-19-17/h2-8,10,12,14,18H,9,11H2,1H3,(H,19,20)/t14-/m1/s1. The molecule has 0 unspecified atom stereocenters. The maximum Gasteiger partial charge on any atom is 0.137 e. The normalized spacial score (nSPS) is 12.7. The van der Waals surface area contributed by atoms with E-state index < -0.39 is 0 Å². The predicted octanol–water partition coefficient (Wildman–Crippen LogP) is 3.30. The molecular formula is C17H19N3. The Morgan fingerprint density at radius 3 is 2.80 bits per heavy atom. The Hall–Kier alpha value is -2.13. The summed E-state index contributed by atoms with van der Waals surface area (Å²) in [4.78, 5) is 7.67. The fourth-order valence-electron chi connectivity index (χ4n) is 2.74. The van der Waals surface area contributed by atoms with Gasteiger partial charge in [0, 0.05) is 23.7 Å². The first-order chi connectivity index (χ1) is 9.90. The van der Waals surface area contributed by atoms with Crippen molar-refractivity contribution >= 4 is 11.0 Å². The fraction of sp³-hybridized carbons (Fsp3) is 0.235. The number of H-pyrrole nitrogens is 1. The van der Waals surface area contributed by atoms with E-state index in [-0.39, 0.29) is 0 Å². The average Bonchev–Trinajstić information content (AvgIpc) is 2.93. The average molecular weight is 265 g/mol. The van der Waals surface area contributed by atoms with Crippen LogP contribution in [0.2, 0.25) is 0 Å². The van der Waals surface area contributed by atoms with Gasteiger partial charge in [-0.1, -0.05) is 30.3 Å². The highest BCUT2D eigenvalue weighted by Crippen LogP contribution is 2.32. The molecule has 20 heavy (non-hydrogen) atoms. The Balaban J connectivity index is 2.05. The molecule has 0 radical (unpaired) electrons. The van der Waals surface area contributed by atoms with Crippen LogP contribution in [0, 0.1) is 0 Å². The number of aromatic nitrogens is 2. The molecule has 1 aromatic carbocycles. The Labute approximate surface area is 119 Å². The van der Waals surface area contributed by atoms with Crippen molar-refractivity contribution < 1.29 is 0 Å². The van der Waals surface area contributed by atoms with E-state index in [1.807, 2.05) is 19.3 Å². The van der Waals surface area contributed by atoms with Crippen molar-refractivity contribution in [2.24, 2.45) is 0 Å². The van der Waals surface area contributed by atoms with Gasteiger partial charge in [-0.25, -0.2) is 4.98 Å². The van der Waals surface area contributed by atoms with E-state index in [1.54, 1.807) is 0 Å². The first-order valence-electron chi connectivity index (χ1n) is 7.01. The molecule has 0 amide bonds. The summed E-state index contributed by atoms with van der Waals surface area (Å²) < 4.78 is 0. The van der Waals surface area contributed by atoms with Crippen LogP contribution in [-0.4, -0.2) is 23.6 Å². The van der Waals surface area contributed by atoms with Gasteiger partial charge >= 0.3 is 0 Å². The lowest BCUT2D eigenvalue weighted by molar-refractivity contribution is 0.664. The number of pyridine rings is 1. The van der Waals surface area contributed by atoms with E-state index in [2.05, 4.69) is 57.9 Å². The number of aromatic amines is 1. The topological polar surface area (TPSA) is 40.7 Å². The van der Waals surface area contributed by atoms with Crippen LogP contribution in [0.15, 0.2) is 54.9 Å². The number of hydrogen-bond acceptors (Lipinski definition) is 2. The van der Waals surface area contributed by atoms with E-state index in [4.69, 9.17) is 0 Å². The van der Waals surface area contributed by atoms with E-state index in [0.717, 1.165) is 18.6 Å². The van der Waals surface area contributed by atoms with Gasteiger partial charge in [-0.15, -0.1) is 0 Å². The zero-order chi connectivity index (χ0) is 13.8. The van der Waals surface area contributed by atoms with Crippen molar-refractivity contribution in [1.82, 2.24) is 15.3 Å². The van der Waals surface area contributed by atoms with Crippen LogP contribution in [0.1, 0.15) is 23.5 Å². The van der Waals surface area contributed by atoms with Gasteiger partial charge in [0.1, 0.15) is 5.65 Å². The second kappa shape index (κ2) is 5.88. The minimum atomic E-state index is 0.390. The third-order valence-corrected chi connectivity index (χ3v) is 3.74. The van der Waals surface area contributed by atoms with Crippen LogP contribution < -0.4 is 5.32 Å². The Morgan fingerprint density at radius 1 is 1.15 bits per heavy atom. The molecule has 102 valence electrons. The van der Waals surface area contributed by atoms with Gasteiger partial charge in [0.15, 0.2) is 0 Å². The summed E-state index contributed by atoms with van der Waals surface area (Å²) in [5.74, 6) is 0.390. The van der Waals surface area contributed by atoms with Crippen LogP contribution in [-0.2, 0) is 0 Å². The number of rotatable bonds is 5. The van der Waals surface area contributed by atoms with Crippen LogP contribution in [0.4, 0.5) is 0 Å². The molecule has 0 aliphatic heterocycles. The minimum Gasteiger partial charge on any atom is -0.346 e.